The second-order valence-electron chi connectivity index (χ2n) is 8.63. The number of hydrogen-bond acceptors (Lipinski definition) is 3. The minimum atomic E-state index is -1.20. The molecule has 0 saturated carbocycles. The highest BCUT2D eigenvalue weighted by Crippen LogP contribution is 2.40. The van der Waals surface area contributed by atoms with Crippen LogP contribution < -0.4 is 0 Å². The van der Waals surface area contributed by atoms with Crippen molar-refractivity contribution in [2.75, 3.05) is 6.54 Å². The van der Waals surface area contributed by atoms with Gasteiger partial charge in [0.05, 0.1) is 6.04 Å². The van der Waals surface area contributed by atoms with Gasteiger partial charge in [0.25, 0.3) is 0 Å². The quantitative estimate of drug-likeness (QED) is 0.420. The van der Waals surface area contributed by atoms with E-state index in [-0.39, 0.29) is 25.8 Å². The standard InChI is InChI=1S/C27H24F3NO4/c1-17(19-4-11-23(24(30)16-19)18-2-7-21(28)8-3-18)31-15-14-27(35-26(31)34,13-12-25(32)33)20-5-9-22(29)10-6-20/h2-11,16-17H,12-15H2,1H3,(H,32,33)/t17-,27+/m0/s1. The maximum absolute atomic E-state index is 14.9. The smallest absolute Gasteiger partial charge is 0.411 e. The predicted octanol–water partition coefficient (Wildman–Crippen LogP) is 6.43. The summed E-state index contributed by atoms with van der Waals surface area (Å²) >= 11 is 0. The van der Waals surface area contributed by atoms with Gasteiger partial charge in [0, 0.05) is 31.4 Å². The Morgan fingerprint density at radius 3 is 2.23 bits per heavy atom. The number of carboxylic acid groups (broad SMARTS) is 1. The van der Waals surface area contributed by atoms with Gasteiger partial charge in [0.1, 0.15) is 23.1 Å². The molecule has 0 unspecified atom stereocenters. The lowest BCUT2D eigenvalue weighted by molar-refractivity contribution is -0.139. The molecule has 0 spiro atoms. The van der Waals surface area contributed by atoms with Gasteiger partial charge in [0.15, 0.2) is 0 Å². The van der Waals surface area contributed by atoms with E-state index in [0.29, 0.717) is 22.3 Å². The molecular weight excluding hydrogens is 459 g/mol. The number of halogens is 3. The van der Waals surface area contributed by atoms with Crippen LogP contribution >= 0.6 is 0 Å². The van der Waals surface area contributed by atoms with Crippen molar-refractivity contribution in [3.8, 4) is 11.1 Å². The van der Waals surface area contributed by atoms with Crippen molar-refractivity contribution in [2.24, 2.45) is 0 Å². The monoisotopic (exact) mass is 483 g/mol. The van der Waals surface area contributed by atoms with Crippen LogP contribution in [-0.2, 0) is 15.1 Å². The van der Waals surface area contributed by atoms with Gasteiger partial charge >= 0.3 is 12.1 Å². The van der Waals surface area contributed by atoms with E-state index in [1.165, 1.54) is 59.5 Å². The Kier molecular flexibility index (Phi) is 6.82. The average molecular weight is 483 g/mol. The van der Waals surface area contributed by atoms with E-state index in [4.69, 9.17) is 4.74 Å². The van der Waals surface area contributed by atoms with E-state index in [2.05, 4.69) is 0 Å². The summed E-state index contributed by atoms with van der Waals surface area (Å²) < 4.78 is 47.4. The van der Waals surface area contributed by atoms with Crippen LogP contribution in [0.5, 0.6) is 0 Å². The third-order valence-electron chi connectivity index (χ3n) is 6.49. The summed E-state index contributed by atoms with van der Waals surface area (Å²) in [6, 6.07) is 15.1. The lowest BCUT2D eigenvalue weighted by Gasteiger charge is -2.43. The summed E-state index contributed by atoms with van der Waals surface area (Å²) in [7, 11) is 0. The molecule has 2 atom stereocenters. The number of rotatable bonds is 7. The second-order valence-corrected chi connectivity index (χ2v) is 8.63. The number of cyclic esters (lactones) is 1. The predicted molar refractivity (Wildman–Crippen MR) is 123 cm³/mol. The number of benzene rings is 3. The summed E-state index contributed by atoms with van der Waals surface area (Å²) in [5.41, 5.74) is 0.715. The summed E-state index contributed by atoms with van der Waals surface area (Å²) in [6.07, 6.45) is -0.557. The molecule has 0 radical (unpaired) electrons. The number of hydrogen-bond donors (Lipinski definition) is 1. The Morgan fingerprint density at radius 1 is 1.03 bits per heavy atom. The van der Waals surface area contributed by atoms with Gasteiger partial charge in [-0.3, -0.25) is 4.79 Å². The Bertz CT molecular complexity index is 1230. The summed E-state index contributed by atoms with van der Waals surface area (Å²) in [6.45, 7) is 1.98. The fourth-order valence-electron chi connectivity index (χ4n) is 4.44. The van der Waals surface area contributed by atoms with E-state index in [9.17, 15) is 27.9 Å². The third-order valence-corrected chi connectivity index (χ3v) is 6.49. The summed E-state index contributed by atoms with van der Waals surface area (Å²) in [5.74, 6) is -2.41. The molecule has 1 fully saturated rings. The van der Waals surface area contributed by atoms with Crippen molar-refractivity contribution >= 4 is 12.1 Å². The first-order valence-corrected chi connectivity index (χ1v) is 11.2. The van der Waals surface area contributed by atoms with E-state index < -0.39 is 41.2 Å². The molecule has 1 aliphatic heterocycles. The first-order chi connectivity index (χ1) is 16.7. The van der Waals surface area contributed by atoms with Crippen molar-refractivity contribution in [3.63, 3.8) is 0 Å². The first-order valence-electron chi connectivity index (χ1n) is 11.2. The molecule has 0 aliphatic carbocycles. The first kappa shape index (κ1) is 24.3. The molecule has 3 aromatic carbocycles. The number of nitrogens with zero attached hydrogens (tertiary/aromatic N) is 1. The van der Waals surface area contributed by atoms with Gasteiger partial charge in [0.2, 0.25) is 0 Å². The SMILES string of the molecule is C[C@@H](c1ccc(-c2ccc(F)cc2)c(F)c1)N1CC[C@](CCC(=O)O)(c2ccc(F)cc2)OC1=O. The Hall–Kier alpha value is -3.81. The molecule has 1 saturated heterocycles. The van der Waals surface area contributed by atoms with E-state index in [1.54, 1.807) is 19.1 Å². The fourth-order valence-corrected chi connectivity index (χ4v) is 4.44. The van der Waals surface area contributed by atoms with Gasteiger partial charge in [-0.1, -0.05) is 36.4 Å². The Labute approximate surface area is 200 Å². The zero-order chi connectivity index (χ0) is 25.2. The number of carbonyl (C=O) groups is 2. The molecule has 8 heteroatoms. The molecule has 0 aromatic heterocycles. The van der Waals surface area contributed by atoms with Gasteiger partial charge in [-0.05, 0) is 53.9 Å². The maximum Gasteiger partial charge on any atom is 0.411 e. The number of ether oxygens (including phenoxy) is 1. The van der Waals surface area contributed by atoms with E-state index in [0.717, 1.165) is 0 Å². The van der Waals surface area contributed by atoms with Crippen molar-refractivity contribution in [2.45, 2.75) is 37.8 Å². The maximum atomic E-state index is 14.9. The van der Waals surface area contributed by atoms with Crippen molar-refractivity contribution in [1.29, 1.82) is 0 Å². The molecule has 182 valence electrons. The van der Waals surface area contributed by atoms with Crippen LogP contribution in [0.4, 0.5) is 18.0 Å². The van der Waals surface area contributed by atoms with Gasteiger partial charge in [-0.25, -0.2) is 18.0 Å². The lowest BCUT2D eigenvalue weighted by atomic mass is 9.84. The fraction of sp³-hybridized carbons (Fsp3) is 0.259. The summed E-state index contributed by atoms with van der Waals surface area (Å²) in [5, 5.41) is 9.18. The number of aliphatic carboxylic acids is 1. The average Bonchev–Trinajstić information content (AvgIpc) is 2.83. The van der Waals surface area contributed by atoms with Crippen molar-refractivity contribution < 1.29 is 32.6 Å². The summed E-state index contributed by atoms with van der Waals surface area (Å²) in [4.78, 5) is 25.7. The molecule has 1 aliphatic rings. The number of amides is 1. The van der Waals surface area contributed by atoms with Crippen LogP contribution in [0.3, 0.4) is 0 Å². The third kappa shape index (κ3) is 5.16. The molecule has 1 N–H and O–H groups in total. The van der Waals surface area contributed by atoms with E-state index in [1.807, 2.05) is 0 Å². The molecule has 0 bridgehead atoms. The molecule has 3 aromatic rings. The highest BCUT2D eigenvalue weighted by atomic mass is 19.1. The molecule has 35 heavy (non-hydrogen) atoms. The van der Waals surface area contributed by atoms with Crippen LogP contribution in [0.1, 0.15) is 43.4 Å². The zero-order valence-corrected chi connectivity index (χ0v) is 19.0. The molecule has 4 rings (SSSR count). The normalized spacial score (nSPS) is 18.7. The topological polar surface area (TPSA) is 66.8 Å². The van der Waals surface area contributed by atoms with Gasteiger partial charge < -0.3 is 14.7 Å². The van der Waals surface area contributed by atoms with Gasteiger partial charge in [-0.2, -0.15) is 0 Å². The van der Waals surface area contributed by atoms with Gasteiger partial charge in [-0.15, -0.1) is 0 Å². The van der Waals surface area contributed by atoms with Crippen LogP contribution in [0.2, 0.25) is 0 Å². The van der Waals surface area contributed by atoms with Crippen molar-refractivity contribution in [3.05, 3.63) is 95.3 Å². The number of carbonyl (C=O) groups excluding carboxylic acids is 1. The largest absolute Gasteiger partial charge is 0.481 e. The Morgan fingerprint density at radius 2 is 1.66 bits per heavy atom. The minimum absolute atomic E-state index is 0.0446. The Balaban J connectivity index is 1.55. The van der Waals surface area contributed by atoms with Crippen molar-refractivity contribution in [1.82, 2.24) is 4.90 Å². The lowest BCUT2D eigenvalue weighted by Crippen LogP contribution is -2.49. The molecule has 1 heterocycles. The van der Waals surface area contributed by atoms with E-state index >= 15 is 0 Å². The highest BCUT2D eigenvalue weighted by Gasteiger charge is 2.43. The highest BCUT2D eigenvalue weighted by molar-refractivity contribution is 5.71. The zero-order valence-electron chi connectivity index (χ0n) is 19.0. The molecule has 1 amide bonds. The molecule has 5 nitrogen and oxygen atoms in total. The van der Waals surface area contributed by atoms with Crippen LogP contribution in [0.15, 0.2) is 66.7 Å². The number of carboxylic acids is 1. The minimum Gasteiger partial charge on any atom is -0.481 e. The van der Waals surface area contributed by atoms with Crippen LogP contribution in [0.25, 0.3) is 11.1 Å². The van der Waals surface area contributed by atoms with Crippen LogP contribution in [-0.4, -0.2) is 28.6 Å². The second kappa shape index (κ2) is 9.82. The van der Waals surface area contributed by atoms with Crippen LogP contribution in [0, 0.1) is 17.5 Å². The molecular formula is C27H24F3NO4.